The van der Waals surface area contributed by atoms with Crippen molar-refractivity contribution >= 4 is 33.7 Å². The van der Waals surface area contributed by atoms with Crippen LogP contribution in [0, 0.1) is 17.8 Å². The third-order valence-electron chi connectivity index (χ3n) is 5.11. The van der Waals surface area contributed by atoms with Gasteiger partial charge in [-0.15, -0.1) is 0 Å². The molecule has 0 spiro atoms. The molecular formula is C18H21BrN2O4. The number of fused-ring (bicyclic) bond motifs is 2. The van der Waals surface area contributed by atoms with Gasteiger partial charge in [-0.05, 0) is 65.1 Å². The fourth-order valence-electron chi connectivity index (χ4n) is 3.92. The van der Waals surface area contributed by atoms with Crippen LogP contribution >= 0.6 is 15.9 Å². The Labute approximate surface area is 154 Å². The Morgan fingerprint density at radius 2 is 1.92 bits per heavy atom. The predicted molar refractivity (Wildman–Crippen MR) is 94.3 cm³/mol. The summed E-state index contributed by atoms with van der Waals surface area (Å²) in [6, 6.07) is 6.86. The summed E-state index contributed by atoms with van der Waals surface area (Å²) in [6.07, 6.45) is 5.23. The Morgan fingerprint density at radius 3 is 2.60 bits per heavy atom. The Balaban J connectivity index is 1.36. The molecule has 2 amide bonds. The number of amides is 2. The van der Waals surface area contributed by atoms with Gasteiger partial charge in [0, 0.05) is 10.9 Å². The molecule has 6 nitrogen and oxygen atoms in total. The van der Waals surface area contributed by atoms with E-state index in [1.807, 2.05) is 0 Å². The molecule has 3 rings (SSSR count). The van der Waals surface area contributed by atoms with E-state index in [2.05, 4.69) is 26.8 Å². The lowest BCUT2D eigenvalue weighted by atomic mass is 9.86. The zero-order valence-electron chi connectivity index (χ0n) is 13.8. The molecule has 134 valence electrons. The zero-order valence-corrected chi connectivity index (χ0v) is 15.4. The fraction of sp³-hybridized carbons (Fsp3) is 0.500. The minimum absolute atomic E-state index is 0.343. The van der Waals surface area contributed by atoms with Crippen molar-refractivity contribution in [3.8, 4) is 0 Å². The third-order valence-corrected chi connectivity index (χ3v) is 5.80. The molecular weight excluding hydrogens is 388 g/mol. The maximum absolute atomic E-state index is 11.9. The lowest BCUT2D eigenvalue weighted by molar-refractivity contribution is -0.150. The van der Waals surface area contributed by atoms with Gasteiger partial charge in [0.15, 0.2) is 6.61 Å². The molecule has 2 saturated carbocycles. The van der Waals surface area contributed by atoms with Gasteiger partial charge in [-0.3, -0.25) is 25.2 Å². The van der Waals surface area contributed by atoms with E-state index < -0.39 is 18.4 Å². The second kappa shape index (κ2) is 7.99. The van der Waals surface area contributed by atoms with Gasteiger partial charge >= 0.3 is 5.97 Å². The number of rotatable bonds is 5. The molecule has 2 fully saturated rings. The molecule has 2 aliphatic carbocycles. The first-order chi connectivity index (χ1) is 12.0. The van der Waals surface area contributed by atoms with Crippen molar-refractivity contribution in [3.63, 3.8) is 0 Å². The van der Waals surface area contributed by atoms with Crippen molar-refractivity contribution in [1.29, 1.82) is 0 Å². The standard InChI is InChI=1S/C18H21BrN2O4/c19-15-4-2-1-3-14(15)18(24)21-20-16(22)10-25-17(23)9-13-8-11-5-6-12(13)7-11/h1-4,11-13H,5-10H2,(H,20,22)(H,21,24)/t11-,12+,13-/m0/s1. The second-order valence-electron chi connectivity index (χ2n) is 6.78. The van der Waals surface area contributed by atoms with Crippen LogP contribution in [0.1, 0.15) is 42.5 Å². The molecule has 3 atom stereocenters. The van der Waals surface area contributed by atoms with Gasteiger partial charge in [0.2, 0.25) is 0 Å². The van der Waals surface area contributed by atoms with Crippen LogP contribution in [0.15, 0.2) is 28.7 Å². The molecule has 0 unspecified atom stereocenters. The van der Waals surface area contributed by atoms with E-state index in [9.17, 15) is 14.4 Å². The lowest BCUT2D eigenvalue weighted by Gasteiger charge is -2.20. The van der Waals surface area contributed by atoms with Crippen molar-refractivity contribution in [2.75, 3.05) is 6.61 Å². The van der Waals surface area contributed by atoms with Crippen molar-refractivity contribution < 1.29 is 19.1 Å². The third kappa shape index (κ3) is 4.60. The first kappa shape index (κ1) is 17.9. The van der Waals surface area contributed by atoms with Crippen LogP contribution in [0.25, 0.3) is 0 Å². The highest BCUT2D eigenvalue weighted by Crippen LogP contribution is 2.49. The maximum atomic E-state index is 11.9. The van der Waals surface area contributed by atoms with Gasteiger partial charge in [0.1, 0.15) is 0 Å². The van der Waals surface area contributed by atoms with Crippen LogP contribution in [0.4, 0.5) is 0 Å². The van der Waals surface area contributed by atoms with E-state index in [1.165, 1.54) is 19.3 Å². The van der Waals surface area contributed by atoms with Crippen LogP contribution in [0.5, 0.6) is 0 Å². The molecule has 0 aromatic heterocycles. The van der Waals surface area contributed by atoms with Gasteiger partial charge < -0.3 is 4.74 Å². The van der Waals surface area contributed by atoms with Crippen molar-refractivity contribution in [2.45, 2.75) is 32.1 Å². The van der Waals surface area contributed by atoms with Crippen LogP contribution < -0.4 is 10.9 Å². The smallest absolute Gasteiger partial charge is 0.306 e. The highest BCUT2D eigenvalue weighted by Gasteiger charge is 2.40. The Kier molecular flexibility index (Phi) is 5.73. The van der Waals surface area contributed by atoms with Crippen LogP contribution in [0.3, 0.4) is 0 Å². The van der Waals surface area contributed by atoms with E-state index in [0.717, 1.165) is 12.3 Å². The Bertz CT molecular complexity index is 679. The summed E-state index contributed by atoms with van der Waals surface area (Å²) in [7, 11) is 0. The van der Waals surface area contributed by atoms with Crippen molar-refractivity contribution in [2.24, 2.45) is 17.8 Å². The summed E-state index contributed by atoms with van der Waals surface area (Å²) in [4.78, 5) is 35.6. The van der Waals surface area contributed by atoms with E-state index in [0.29, 0.717) is 28.3 Å². The average molecular weight is 409 g/mol. The monoisotopic (exact) mass is 408 g/mol. The highest BCUT2D eigenvalue weighted by atomic mass is 79.9. The normalized spacial score (nSPS) is 24.0. The number of esters is 1. The number of halogens is 1. The maximum Gasteiger partial charge on any atom is 0.306 e. The van der Waals surface area contributed by atoms with Gasteiger partial charge in [-0.25, -0.2) is 0 Å². The highest BCUT2D eigenvalue weighted by molar-refractivity contribution is 9.10. The Morgan fingerprint density at radius 1 is 1.12 bits per heavy atom. The lowest BCUT2D eigenvalue weighted by Crippen LogP contribution is -2.43. The summed E-state index contributed by atoms with van der Waals surface area (Å²) in [5.74, 6) is 0.471. The van der Waals surface area contributed by atoms with E-state index in [1.54, 1.807) is 24.3 Å². The number of hydrogen-bond donors (Lipinski definition) is 2. The topological polar surface area (TPSA) is 84.5 Å². The van der Waals surface area contributed by atoms with Crippen LogP contribution in [0.2, 0.25) is 0 Å². The quantitative estimate of drug-likeness (QED) is 0.579. The van der Waals surface area contributed by atoms with E-state index in [4.69, 9.17) is 4.74 Å². The molecule has 2 bridgehead atoms. The molecule has 1 aromatic rings. The average Bonchev–Trinajstić information content (AvgIpc) is 3.21. The summed E-state index contributed by atoms with van der Waals surface area (Å²) in [6.45, 7) is -0.393. The summed E-state index contributed by atoms with van der Waals surface area (Å²) >= 11 is 3.27. The molecule has 0 heterocycles. The molecule has 0 radical (unpaired) electrons. The molecule has 0 aliphatic heterocycles. The summed E-state index contributed by atoms with van der Waals surface area (Å²) in [5, 5.41) is 0. The zero-order chi connectivity index (χ0) is 17.8. The van der Waals surface area contributed by atoms with Crippen molar-refractivity contribution in [3.05, 3.63) is 34.3 Å². The van der Waals surface area contributed by atoms with Gasteiger partial charge in [-0.1, -0.05) is 18.6 Å². The molecule has 0 saturated heterocycles. The minimum Gasteiger partial charge on any atom is -0.455 e. The number of carbonyl (C=O) groups excluding carboxylic acids is 3. The number of hydrogen-bond acceptors (Lipinski definition) is 4. The molecule has 25 heavy (non-hydrogen) atoms. The number of benzene rings is 1. The predicted octanol–water partition coefficient (Wildman–Crippen LogP) is 2.58. The summed E-state index contributed by atoms with van der Waals surface area (Å²) < 4.78 is 5.65. The first-order valence-electron chi connectivity index (χ1n) is 8.52. The SMILES string of the molecule is O=C(COC(=O)C[C@@H]1C[C@H]2CC[C@@H]1C2)NNC(=O)c1ccccc1Br. The van der Waals surface area contributed by atoms with Crippen LogP contribution in [-0.4, -0.2) is 24.4 Å². The Hall–Kier alpha value is -1.89. The number of hydrazine groups is 1. The molecule has 2 N–H and O–H groups in total. The van der Waals surface area contributed by atoms with Crippen LogP contribution in [-0.2, 0) is 14.3 Å². The van der Waals surface area contributed by atoms with E-state index >= 15 is 0 Å². The van der Waals surface area contributed by atoms with E-state index in [-0.39, 0.29) is 5.97 Å². The minimum atomic E-state index is -0.568. The second-order valence-corrected chi connectivity index (χ2v) is 7.64. The number of carbonyl (C=O) groups is 3. The molecule has 2 aliphatic rings. The number of ether oxygens (including phenoxy) is 1. The van der Waals surface area contributed by atoms with Gasteiger partial charge in [0.25, 0.3) is 11.8 Å². The van der Waals surface area contributed by atoms with Crippen molar-refractivity contribution in [1.82, 2.24) is 10.9 Å². The largest absolute Gasteiger partial charge is 0.455 e. The number of nitrogens with one attached hydrogen (secondary N) is 2. The van der Waals surface area contributed by atoms with Gasteiger partial charge in [-0.2, -0.15) is 0 Å². The fourth-order valence-corrected chi connectivity index (χ4v) is 4.39. The summed E-state index contributed by atoms with van der Waals surface area (Å²) in [5.41, 5.74) is 4.95. The van der Waals surface area contributed by atoms with Gasteiger partial charge in [0.05, 0.1) is 5.56 Å². The first-order valence-corrected chi connectivity index (χ1v) is 9.31. The molecule has 1 aromatic carbocycles. The molecule has 7 heteroatoms.